The van der Waals surface area contributed by atoms with E-state index in [9.17, 15) is 5.11 Å². The molecular formula is C20H30IN3O. The Balaban J connectivity index is 0.00000182. The van der Waals surface area contributed by atoms with E-state index in [1.54, 1.807) is 0 Å². The molecule has 0 aromatic heterocycles. The van der Waals surface area contributed by atoms with Crippen molar-refractivity contribution < 1.29 is 5.11 Å². The summed E-state index contributed by atoms with van der Waals surface area (Å²) in [5, 5.41) is 13.9. The number of rotatable bonds is 2. The minimum absolute atomic E-state index is 0. The third-order valence-corrected chi connectivity index (χ3v) is 6.41. The van der Waals surface area contributed by atoms with Crippen LogP contribution in [0.15, 0.2) is 17.1 Å². The van der Waals surface area contributed by atoms with E-state index in [1.807, 2.05) is 13.1 Å². The summed E-state index contributed by atoms with van der Waals surface area (Å²) in [6.45, 7) is 2.93. The van der Waals surface area contributed by atoms with Crippen LogP contribution in [0.2, 0.25) is 0 Å². The van der Waals surface area contributed by atoms with Crippen molar-refractivity contribution in [2.75, 3.05) is 20.1 Å². The van der Waals surface area contributed by atoms with Crippen LogP contribution in [-0.4, -0.2) is 36.1 Å². The summed E-state index contributed by atoms with van der Waals surface area (Å²) in [7, 11) is 1.87. The first-order chi connectivity index (χ1) is 11.7. The van der Waals surface area contributed by atoms with Crippen molar-refractivity contribution in [3.05, 3.63) is 28.8 Å². The van der Waals surface area contributed by atoms with Gasteiger partial charge < -0.3 is 15.3 Å². The molecule has 1 heterocycles. The van der Waals surface area contributed by atoms with Crippen molar-refractivity contribution in [2.45, 2.75) is 57.9 Å². The molecule has 5 heteroatoms. The summed E-state index contributed by atoms with van der Waals surface area (Å²) in [4.78, 5) is 6.91. The van der Waals surface area contributed by atoms with Crippen molar-refractivity contribution >= 4 is 29.9 Å². The van der Waals surface area contributed by atoms with Crippen molar-refractivity contribution in [3.63, 3.8) is 0 Å². The summed E-state index contributed by atoms with van der Waals surface area (Å²) in [5.74, 6) is 1.42. The highest BCUT2D eigenvalue weighted by molar-refractivity contribution is 14.0. The number of likely N-dealkylation sites (tertiary alicyclic amines) is 1. The summed E-state index contributed by atoms with van der Waals surface area (Å²) in [6, 6.07) is 3.96. The van der Waals surface area contributed by atoms with E-state index >= 15 is 0 Å². The molecule has 2 aliphatic carbocycles. The number of halogens is 1. The van der Waals surface area contributed by atoms with Crippen LogP contribution < -0.4 is 5.32 Å². The van der Waals surface area contributed by atoms with Crippen molar-refractivity contribution in [1.29, 1.82) is 0 Å². The van der Waals surface area contributed by atoms with E-state index in [0.29, 0.717) is 17.7 Å². The van der Waals surface area contributed by atoms with E-state index in [-0.39, 0.29) is 24.0 Å². The number of phenols is 1. The van der Waals surface area contributed by atoms with Crippen molar-refractivity contribution in [3.8, 4) is 5.75 Å². The quantitative estimate of drug-likeness (QED) is 0.405. The van der Waals surface area contributed by atoms with Gasteiger partial charge in [-0.2, -0.15) is 0 Å². The number of aryl methyl sites for hydroxylation is 1. The van der Waals surface area contributed by atoms with Gasteiger partial charge in [-0.3, -0.25) is 4.99 Å². The van der Waals surface area contributed by atoms with E-state index in [0.717, 1.165) is 37.5 Å². The van der Waals surface area contributed by atoms with E-state index in [4.69, 9.17) is 0 Å². The Morgan fingerprint density at radius 3 is 2.68 bits per heavy atom. The topological polar surface area (TPSA) is 47.9 Å². The lowest BCUT2D eigenvalue weighted by atomic mass is 9.68. The molecule has 1 saturated carbocycles. The van der Waals surface area contributed by atoms with Gasteiger partial charge in [0.15, 0.2) is 5.96 Å². The Bertz CT molecular complexity index is 655. The van der Waals surface area contributed by atoms with Crippen LogP contribution in [0.25, 0.3) is 0 Å². The highest BCUT2D eigenvalue weighted by atomic mass is 127. The van der Waals surface area contributed by atoms with Gasteiger partial charge in [-0.15, -0.1) is 24.0 Å². The van der Waals surface area contributed by atoms with Crippen LogP contribution in [0.3, 0.4) is 0 Å². The molecule has 3 aliphatic rings. The molecule has 0 atom stereocenters. The molecule has 0 unspecified atom stereocenters. The average Bonchev–Trinajstić information content (AvgIpc) is 3.03. The molecule has 0 radical (unpaired) electrons. The Morgan fingerprint density at radius 2 is 2.00 bits per heavy atom. The van der Waals surface area contributed by atoms with Crippen molar-refractivity contribution in [2.24, 2.45) is 10.4 Å². The molecule has 2 N–H and O–H groups in total. The number of fused-ring (bicyclic) bond motifs is 1. The number of phenolic OH excluding ortho intramolecular Hbond substituents is 1. The molecule has 1 spiro atoms. The molecule has 1 aromatic carbocycles. The fourth-order valence-electron chi connectivity index (χ4n) is 4.79. The SMILES string of the molecule is CN=C(NCc1c(O)ccc2c1CCCC2)N1CCC2(CCC2)C1.I. The van der Waals surface area contributed by atoms with Gasteiger partial charge >= 0.3 is 0 Å². The normalized spacial score (nSPS) is 21.5. The zero-order chi connectivity index (χ0) is 16.6. The zero-order valence-corrected chi connectivity index (χ0v) is 17.5. The Morgan fingerprint density at radius 1 is 1.20 bits per heavy atom. The number of benzene rings is 1. The number of aliphatic imine (C=N–C) groups is 1. The van der Waals surface area contributed by atoms with E-state index < -0.39 is 0 Å². The van der Waals surface area contributed by atoms with Crippen LogP contribution in [0.1, 0.15) is 55.2 Å². The van der Waals surface area contributed by atoms with Gasteiger partial charge in [-0.25, -0.2) is 0 Å². The molecule has 1 saturated heterocycles. The first kappa shape index (κ1) is 18.8. The molecule has 138 valence electrons. The van der Waals surface area contributed by atoms with Crippen molar-refractivity contribution in [1.82, 2.24) is 10.2 Å². The zero-order valence-electron chi connectivity index (χ0n) is 15.2. The highest BCUT2D eigenvalue weighted by Gasteiger charge is 2.43. The number of aromatic hydroxyl groups is 1. The summed E-state index contributed by atoms with van der Waals surface area (Å²) in [6.07, 6.45) is 10.2. The maximum Gasteiger partial charge on any atom is 0.193 e. The molecule has 2 fully saturated rings. The predicted octanol–water partition coefficient (Wildman–Crippen LogP) is 3.84. The van der Waals surface area contributed by atoms with Gasteiger partial charge in [0.25, 0.3) is 0 Å². The Labute approximate surface area is 168 Å². The molecule has 0 amide bonds. The third-order valence-electron chi connectivity index (χ3n) is 6.41. The monoisotopic (exact) mass is 455 g/mol. The minimum Gasteiger partial charge on any atom is -0.508 e. The smallest absolute Gasteiger partial charge is 0.193 e. The van der Waals surface area contributed by atoms with Crippen LogP contribution in [-0.2, 0) is 19.4 Å². The molecule has 4 nitrogen and oxygen atoms in total. The van der Waals surface area contributed by atoms with E-state index in [2.05, 4.69) is 21.3 Å². The lowest BCUT2D eigenvalue weighted by molar-refractivity contribution is 0.151. The number of hydrogen-bond donors (Lipinski definition) is 2. The second-order valence-corrected chi connectivity index (χ2v) is 7.83. The van der Waals surface area contributed by atoms with Crippen LogP contribution in [0.5, 0.6) is 5.75 Å². The molecular weight excluding hydrogens is 425 g/mol. The second-order valence-electron chi connectivity index (χ2n) is 7.83. The lowest BCUT2D eigenvalue weighted by Crippen LogP contribution is -2.42. The van der Waals surface area contributed by atoms with Crippen LogP contribution in [0, 0.1) is 5.41 Å². The molecule has 1 aliphatic heterocycles. The van der Waals surface area contributed by atoms with Gasteiger partial charge in [0.1, 0.15) is 5.75 Å². The lowest BCUT2D eigenvalue weighted by Gasteiger charge is -2.38. The molecule has 0 bridgehead atoms. The van der Waals surface area contributed by atoms with E-state index in [1.165, 1.54) is 49.7 Å². The fraction of sp³-hybridized carbons (Fsp3) is 0.650. The predicted molar refractivity (Wildman–Crippen MR) is 113 cm³/mol. The van der Waals surface area contributed by atoms with Gasteiger partial charge in [-0.05, 0) is 67.6 Å². The molecule has 1 aromatic rings. The largest absolute Gasteiger partial charge is 0.508 e. The summed E-state index contributed by atoms with van der Waals surface area (Å²) < 4.78 is 0. The van der Waals surface area contributed by atoms with Crippen LogP contribution >= 0.6 is 24.0 Å². The van der Waals surface area contributed by atoms with Gasteiger partial charge in [-0.1, -0.05) is 12.5 Å². The first-order valence-corrected chi connectivity index (χ1v) is 9.49. The second kappa shape index (κ2) is 7.72. The van der Waals surface area contributed by atoms with Gasteiger partial charge in [0, 0.05) is 32.2 Å². The number of nitrogens with one attached hydrogen (secondary N) is 1. The summed E-state index contributed by atoms with van der Waals surface area (Å²) >= 11 is 0. The maximum atomic E-state index is 10.4. The number of hydrogen-bond acceptors (Lipinski definition) is 2. The number of guanidine groups is 1. The summed E-state index contributed by atoms with van der Waals surface area (Å²) in [5.41, 5.74) is 4.43. The Kier molecular flexibility index (Phi) is 5.81. The third kappa shape index (κ3) is 3.62. The fourth-order valence-corrected chi connectivity index (χ4v) is 4.79. The standard InChI is InChI=1S/C20H29N3O.HI/c1-21-19(23-12-11-20(14-23)9-4-10-20)22-13-17-16-6-3-2-5-15(16)7-8-18(17)24;/h7-8,24H,2-6,9-14H2,1H3,(H,21,22);1H. The first-order valence-electron chi connectivity index (χ1n) is 9.49. The van der Waals surface area contributed by atoms with Crippen LogP contribution in [0.4, 0.5) is 0 Å². The molecule has 4 rings (SSSR count). The van der Waals surface area contributed by atoms with Gasteiger partial charge in [0.05, 0.1) is 0 Å². The highest BCUT2D eigenvalue weighted by Crippen LogP contribution is 2.47. The average molecular weight is 455 g/mol. The number of nitrogens with zero attached hydrogens (tertiary/aromatic N) is 2. The molecule has 25 heavy (non-hydrogen) atoms. The Hall–Kier alpha value is -0.980. The minimum atomic E-state index is 0. The van der Waals surface area contributed by atoms with Gasteiger partial charge in [0.2, 0.25) is 0 Å². The maximum absolute atomic E-state index is 10.4.